The van der Waals surface area contributed by atoms with Crippen LogP contribution in [0.15, 0.2) is 29.2 Å². The Morgan fingerprint density at radius 1 is 1.28 bits per heavy atom. The Morgan fingerprint density at radius 3 is 2.17 bits per heavy atom. The summed E-state index contributed by atoms with van der Waals surface area (Å²) in [5.74, 6) is -0.413. The summed E-state index contributed by atoms with van der Waals surface area (Å²) in [6.07, 6.45) is 0. The van der Waals surface area contributed by atoms with Crippen molar-refractivity contribution in [1.29, 1.82) is 0 Å². The molecule has 18 heavy (non-hydrogen) atoms. The normalized spacial score (nSPS) is 15.2. The lowest BCUT2D eigenvalue weighted by atomic mass is 9.77. The van der Waals surface area contributed by atoms with Gasteiger partial charge in [-0.15, -0.1) is 11.8 Å². The van der Waals surface area contributed by atoms with E-state index < -0.39 is 16.9 Å². The molecule has 0 fully saturated rings. The minimum atomic E-state index is -1.51. The lowest BCUT2D eigenvalue weighted by molar-refractivity contribution is -0.144. The van der Waals surface area contributed by atoms with Crippen molar-refractivity contribution >= 4 is 17.7 Å². The number of nitrogens with two attached hydrogens (primary N) is 1. The maximum atomic E-state index is 11.5. The van der Waals surface area contributed by atoms with Crippen molar-refractivity contribution in [2.45, 2.75) is 38.2 Å². The Kier molecular flexibility index (Phi) is 4.46. The van der Waals surface area contributed by atoms with Gasteiger partial charge >= 0.3 is 0 Å². The molecule has 3 N–H and O–H groups in total. The molecule has 0 aromatic heterocycles. The summed E-state index contributed by atoms with van der Waals surface area (Å²) < 4.78 is 0. The average Bonchev–Trinajstić information content (AvgIpc) is 2.26. The zero-order valence-corrected chi connectivity index (χ0v) is 12.2. The SMILES string of the molecule is Cc1ccc(SC[C@@](O)(C(N)=O)C(C)(C)C)cc1. The van der Waals surface area contributed by atoms with Gasteiger partial charge in [0.15, 0.2) is 5.60 Å². The van der Waals surface area contributed by atoms with E-state index in [0.717, 1.165) is 4.90 Å². The van der Waals surface area contributed by atoms with Crippen LogP contribution >= 0.6 is 11.8 Å². The summed E-state index contributed by atoms with van der Waals surface area (Å²) in [6, 6.07) is 7.96. The van der Waals surface area contributed by atoms with Crippen LogP contribution in [0.4, 0.5) is 0 Å². The number of amides is 1. The van der Waals surface area contributed by atoms with Crippen LogP contribution in [0.5, 0.6) is 0 Å². The van der Waals surface area contributed by atoms with Crippen LogP contribution in [0.25, 0.3) is 0 Å². The molecule has 0 aliphatic heterocycles. The van der Waals surface area contributed by atoms with Crippen molar-refractivity contribution in [2.24, 2.45) is 11.1 Å². The average molecular weight is 267 g/mol. The van der Waals surface area contributed by atoms with E-state index in [1.165, 1.54) is 17.3 Å². The van der Waals surface area contributed by atoms with Crippen molar-refractivity contribution in [3.8, 4) is 0 Å². The highest BCUT2D eigenvalue weighted by molar-refractivity contribution is 7.99. The van der Waals surface area contributed by atoms with Gasteiger partial charge in [-0.3, -0.25) is 4.79 Å². The predicted molar refractivity (Wildman–Crippen MR) is 75.5 cm³/mol. The molecule has 100 valence electrons. The van der Waals surface area contributed by atoms with Crippen LogP contribution < -0.4 is 5.73 Å². The maximum absolute atomic E-state index is 11.5. The number of hydrogen-bond acceptors (Lipinski definition) is 3. The minimum Gasteiger partial charge on any atom is -0.379 e. The molecule has 1 aromatic carbocycles. The fraction of sp³-hybridized carbons (Fsp3) is 0.500. The number of carbonyl (C=O) groups excluding carboxylic acids is 1. The molecule has 1 rings (SSSR count). The fourth-order valence-electron chi connectivity index (χ4n) is 1.48. The number of primary amides is 1. The van der Waals surface area contributed by atoms with Gasteiger partial charge in [0.05, 0.1) is 0 Å². The molecule has 0 unspecified atom stereocenters. The van der Waals surface area contributed by atoms with E-state index in [1.807, 2.05) is 52.0 Å². The maximum Gasteiger partial charge on any atom is 0.250 e. The van der Waals surface area contributed by atoms with Gasteiger partial charge in [0, 0.05) is 16.1 Å². The van der Waals surface area contributed by atoms with Crippen molar-refractivity contribution in [2.75, 3.05) is 5.75 Å². The largest absolute Gasteiger partial charge is 0.379 e. The van der Waals surface area contributed by atoms with Gasteiger partial charge < -0.3 is 10.8 Å². The van der Waals surface area contributed by atoms with E-state index in [-0.39, 0.29) is 5.75 Å². The molecule has 4 heteroatoms. The van der Waals surface area contributed by atoms with Gasteiger partial charge in [-0.05, 0) is 19.1 Å². The summed E-state index contributed by atoms with van der Waals surface area (Å²) in [5.41, 5.74) is 4.43. The molecular formula is C14H21NO2S. The highest BCUT2D eigenvalue weighted by Gasteiger charge is 2.45. The van der Waals surface area contributed by atoms with E-state index in [9.17, 15) is 9.90 Å². The number of aryl methyl sites for hydroxylation is 1. The number of rotatable bonds is 4. The second kappa shape index (κ2) is 5.33. The second-order valence-electron chi connectivity index (χ2n) is 5.58. The van der Waals surface area contributed by atoms with Crippen LogP contribution in [0.3, 0.4) is 0 Å². The Labute approximate surface area is 113 Å². The lowest BCUT2D eigenvalue weighted by Gasteiger charge is -2.37. The second-order valence-corrected chi connectivity index (χ2v) is 6.63. The van der Waals surface area contributed by atoms with E-state index in [2.05, 4.69) is 0 Å². The van der Waals surface area contributed by atoms with Gasteiger partial charge in [0.1, 0.15) is 0 Å². The van der Waals surface area contributed by atoms with E-state index in [0.29, 0.717) is 0 Å². The summed E-state index contributed by atoms with van der Waals surface area (Å²) in [5, 5.41) is 10.4. The third-order valence-electron chi connectivity index (χ3n) is 3.12. The molecule has 0 bridgehead atoms. The lowest BCUT2D eigenvalue weighted by Crippen LogP contribution is -2.55. The zero-order valence-electron chi connectivity index (χ0n) is 11.4. The molecule has 0 saturated carbocycles. The summed E-state index contributed by atoms with van der Waals surface area (Å²) in [6.45, 7) is 7.46. The Bertz CT molecular complexity index is 422. The van der Waals surface area contributed by atoms with Crippen molar-refractivity contribution in [3.63, 3.8) is 0 Å². The highest BCUT2D eigenvalue weighted by atomic mass is 32.2. The highest BCUT2D eigenvalue weighted by Crippen LogP contribution is 2.35. The van der Waals surface area contributed by atoms with Crippen LogP contribution in [0, 0.1) is 12.3 Å². The van der Waals surface area contributed by atoms with Gasteiger partial charge in [0.2, 0.25) is 0 Å². The molecule has 0 heterocycles. The van der Waals surface area contributed by atoms with Crippen molar-refractivity contribution < 1.29 is 9.90 Å². The molecule has 0 aliphatic carbocycles. The Balaban J connectivity index is 2.81. The van der Waals surface area contributed by atoms with Gasteiger partial charge in [0.25, 0.3) is 5.91 Å². The number of benzene rings is 1. The first kappa shape index (κ1) is 15.1. The third-order valence-corrected chi connectivity index (χ3v) is 4.28. The molecular weight excluding hydrogens is 246 g/mol. The molecule has 0 radical (unpaired) electrons. The molecule has 0 aliphatic rings. The van der Waals surface area contributed by atoms with Gasteiger partial charge in [-0.25, -0.2) is 0 Å². The summed E-state index contributed by atoms with van der Waals surface area (Å²) >= 11 is 1.44. The van der Waals surface area contributed by atoms with E-state index in [4.69, 9.17) is 5.73 Å². The van der Waals surface area contributed by atoms with Crippen molar-refractivity contribution in [1.82, 2.24) is 0 Å². The van der Waals surface area contributed by atoms with Crippen LogP contribution in [-0.4, -0.2) is 22.4 Å². The minimum absolute atomic E-state index is 0.259. The monoisotopic (exact) mass is 267 g/mol. The van der Waals surface area contributed by atoms with Crippen LogP contribution in [0.1, 0.15) is 26.3 Å². The number of carbonyl (C=O) groups is 1. The summed E-state index contributed by atoms with van der Waals surface area (Å²) in [7, 11) is 0. The Hall–Kier alpha value is -1.00. The first-order valence-electron chi connectivity index (χ1n) is 5.88. The quantitative estimate of drug-likeness (QED) is 0.823. The number of hydrogen-bond donors (Lipinski definition) is 2. The Morgan fingerprint density at radius 2 is 1.78 bits per heavy atom. The third kappa shape index (κ3) is 3.27. The van der Waals surface area contributed by atoms with E-state index >= 15 is 0 Å². The molecule has 1 aromatic rings. The molecule has 3 nitrogen and oxygen atoms in total. The van der Waals surface area contributed by atoms with Gasteiger partial charge in [-0.1, -0.05) is 38.5 Å². The first-order chi connectivity index (χ1) is 8.17. The fourth-order valence-corrected chi connectivity index (χ4v) is 2.76. The van der Waals surface area contributed by atoms with Crippen LogP contribution in [-0.2, 0) is 4.79 Å². The predicted octanol–water partition coefficient (Wildman–Crippen LogP) is 2.35. The summed E-state index contributed by atoms with van der Waals surface area (Å²) in [4.78, 5) is 12.5. The standard InChI is InChI=1S/C14H21NO2S/c1-10-5-7-11(8-6-10)18-9-14(17,12(15)16)13(2,3)4/h5-8,17H,9H2,1-4H3,(H2,15,16)/t14-/m1/s1. The van der Waals surface area contributed by atoms with E-state index in [1.54, 1.807) is 0 Å². The van der Waals surface area contributed by atoms with Crippen LogP contribution in [0.2, 0.25) is 0 Å². The topological polar surface area (TPSA) is 63.3 Å². The van der Waals surface area contributed by atoms with Crippen molar-refractivity contribution in [3.05, 3.63) is 29.8 Å². The number of aliphatic hydroxyl groups is 1. The van der Waals surface area contributed by atoms with Gasteiger partial charge in [-0.2, -0.15) is 0 Å². The molecule has 0 saturated heterocycles. The first-order valence-corrected chi connectivity index (χ1v) is 6.87. The smallest absolute Gasteiger partial charge is 0.250 e. The molecule has 0 spiro atoms. The molecule has 1 atom stereocenters. The zero-order chi connectivity index (χ0) is 14.0. The number of thioether (sulfide) groups is 1. The molecule has 1 amide bonds.